The largest absolute Gasteiger partial charge is 0.495 e. The summed E-state index contributed by atoms with van der Waals surface area (Å²) >= 11 is 1.15. The molecule has 5 rings (SSSR count). The Morgan fingerprint density at radius 1 is 1.17 bits per heavy atom. The number of anilines is 1. The van der Waals surface area contributed by atoms with Gasteiger partial charge in [-0.1, -0.05) is 30.3 Å². The van der Waals surface area contributed by atoms with Gasteiger partial charge in [0.25, 0.3) is 0 Å². The molecule has 12 heteroatoms. The van der Waals surface area contributed by atoms with Crippen LogP contribution in [0.2, 0.25) is 0 Å². The molecule has 4 N–H and O–H groups in total. The van der Waals surface area contributed by atoms with E-state index >= 15 is 0 Å². The van der Waals surface area contributed by atoms with Crippen molar-refractivity contribution in [3.05, 3.63) is 60.7 Å². The van der Waals surface area contributed by atoms with Gasteiger partial charge in [-0.25, -0.2) is 15.0 Å². The number of carbonyl (C=O) groups excluding carboxylic acids is 1. The van der Waals surface area contributed by atoms with Crippen LogP contribution in [-0.2, 0) is 11.3 Å². The second kappa shape index (κ2) is 10.1. The van der Waals surface area contributed by atoms with Crippen LogP contribution < -0.4 is 15.4 Å². The molecule has 4 aromatic rings. The molecule has 1 aromatic carbocycles. The molecular weight excluding hydrogens is 482 g/mol. The van der Waals surface area contributed by atoms with Gasteiger partial charge in [-0.2, -0.15) is 0 Å². The van der Waals surface area contributed by atoms with Gasteiger partial charge in [0.2, 0.25) is 5.91 Å². The lowest BCUT2D eigenvalue weighted by atomic mass is 10.1. The molecule has 4 heterocycles. The third-order valence-electron chi connectivity index (χ3n) is 5.95. The fraction of sp³-hybridized carbons (Fsp3) is 0.292. The van der Waals surface area contributed by atoms with Crippen LogP contribution in [0, 0.1) is 0 Å². The van der Waals surface area contributed by atoms with E-state index in [0.29, 0.717) is 40.7 Å². The normalized spacial score (nSPS) is 21.4. The van der Waals surface area contributed by atoms with E-state index in [9.17, 15) is 15.0 Å². The molecule has 0 bridgehead atoms. The fourth-order valence-electron chi connectivity index (χ4n) is 4.04. The second-order valence-corrected chi connectivity index (χ2v) is 9.48. The van der Waals surface area contributed by atoms with E-state index in [2.05, 4.69) is 20.6 Å². The van der Waals surface area contributed by atoms with Crippen LogP contribution in [-0.4, -0.2) is 72.2 Å². The number of fused-ring (bicyclic) bond motifs is 1. The van der Waals surface area contributed by atoms with Crippen LogP contribution in [0.3, 0.4) is 0 Å². The highest BCUT2D eigenvalue weighted by Crippen LogP contribution is 2.43. The average Bonchev–Trinajstić information content (AvgIpc) is 3.48. The minimum Gasteiger partial charge on any atom is -0.495 e. The minimum absolute atomic E-state index is 0.360. The van der Waals surface area contributed by atoms with Gasteiger partial charge in [-0.05, 0) is 11.6 Å². The molecule has 1 aliphatic heterocycles. The van der Waals surface area contributed by atoms with Gasteiger partial charge in [0.1, 0.15) is 28.6 Å². The topological polar surface area (TPSA) is 147 Å². The molecule has 4 atom stereocenters. The van der Waals surface area contributed by atoms with Gasteiger partial charge < -0.3 is 25.6 Å². The Morgan fingerprint density at radius 3 is 2.72 bits per heavy atom. The number of benzene rings is 1. The zero-order chi connectivity index (χ0) is 25.2. The fourth-order valence-corrected chi connectivity index (χ4v) is 5.51. The monoisotopic (exact) mass is 507 g/mol. The first-order chi connectivity index (χ1) is 17.5. The summed E-state index contributed by atoms with van der Waals surface area (Å²) in [6, 6.07) is 11.7. The number of nitrogens with one attached hydrogen (secondary N) is 2. The van der Waals surface area contributed by atoms with Crippen molar-refractivity contribution >= 4 is 34.7 Å². The van der Waals surface area contributed by atoms with Crippen LogP contribution >= 0.6 is 11.8 Å². The highest BCUT2D eigenvalue weighted by atomic mass is 32.2. The number of rotatable bonds is 7. The van der Waals surface area contributed by atoms with E-state index in [0.717, 1.165) is 17.3 Å². The number of pyridine rings is 1. The first-order valence-electron chi connectivity index (χ1n) is 11.2. The molecule has 0 unspecified atom stereocenters. The van der Waals surface area contributed by atoms with E-state index in [1.54, 1.807) is 36.5 Å². The van der Waals surface area contributed by atoms with E-state index in [1.807, 2.05) is 30.3 Å². The van der Waals surface area contributed by atoms with Crippen molar-refractivity contribution in [2.45, 2.75) is 29.4 Å². The van der Waals surface area contributed by atoms with Crippen molar-refractivity contribution in [1.82, 2.24) is 29.8 Å². The number of methoxy groups -OCH3 is 1. The van der Waals surface area contributed by atoms with Crippen molar-refractivity contribution in [3.63, 3.8) is 0 Å². The Balaban J connectivity index is 1.59. The van der Waals surface area contributed by atoms with Crippen LogP contribution in [0.15, 0.2) is 55.1 Å². The molecule has 0 radical (unpaired) electrons. The third-order valence-corrected chi connectivity index (χ3v) is 7.52. The maximum atomic E-state index is 12.2. The van der Waals surface area contributed by atoms with Gasteiger partial charge in [0.15, 0.2) is 22.8 Å². The number of thioether (sulfide) groups is 1. The van der Waals surface area contributed by atoms with Gasteiger partial charge in [-0.3, -0.25) is 14.3 Å². The first-order valence-corrected chi connectivity index (χ1v) is 12.2. The number of imidazole rings is 1. The SMILES string of the molecule is CNC(=O)[C@H]1S[C@@H](n2cnc3c(NCc4ccccc4)nc(-c4cncc(OC)c4)nc32)[C@H](O)[C@@H]1O. The molecule has 1 aliphatic rings. The maximum absolute atomic E-state index is 12.2. The Kier molecular flexibility index (Phi) is 6.72. The Bertz CT molecular complexity index is 1380. The van der Waals surface area contributed by atoms with E-state index in [1.165, 1.54) is 7.05 Å². The summed E-state index contributed by atoms with van der Waals surface area (Å²) in [7, 11) is 3.05. The second-order valence-electron chi connectivity index (χ2n) is 8.22. The summed E-state index contributed by atoms with van der Waals surface area (Å²) < 4.78 is 6.98. The van der Waals surface area contributed by atoms with Crippen LogP contribution in [0.25, 0.3) is 22.6 Å². The van der Waals surface area contributed by atoms with Crippen LogP contribution in [0.5, 0.6) is 5.75 Å². The number of aliphatic hydroxyl groups excluding tert-OH is 2. The molecule has 1 amide bonds. The summed E-state index contributed by atoms with van der Waals surface area (Å²) in [4.78, 5) is 30.4. The summed E-state index contributed by atoms with van der Waals surface area (Å²) in [6.07, 6.45) is 2.33. The third kappa shape index (κ3) is 4.45. The number of aliphatic hydroxyl groups is 2. The standard InChI is InChI=1S/C24H25N7O4S/c1-25-23(34)19-17(32)18(33)24(36-19)31-12-28-16-21(27-9-13-6-4-3-5-7-13)29-20(30-22(16)31)14-8-15(35-2)11-26-10-14/h3-8,10-12,17-19,24,32-33H,9H2,1-2H3,(H,25,34)(H,27,29,30)/t17-,18+,19-,24+/m0/s1. The average molecular weight is 508 g/mol. The van der Waals surface area contributed by atoms with Crippen molar-refractivity contribution in [2.24, 2.45) is 0 Å². The number of ether oxygens (including phenoxy) is 1. The van der Waals surface area contributed by atoms with E-state index in [-0.39, 0.29) is 5.91 Å². The molecular formula is C24H25N7O4S. The highest BCUT2D eigenvalue weighted by Gasteiger charge is 2.47. The number of amides is 1. The lowest BCUT2D eigenvalue weighted by molar-refractivity contribution is -0.122. The number of hydrogen-bond acceptors (Lipinski definition) is 10. The number of hydrogen-bond donors (Lipinski definition) is 4. The molecule has 3 aromatic heterocycles. The Labute approximate surface area is 211 Å². The summed E-state index contributed by atoms with van der Waals surface area (Å²) in [5.41, 5.74) is 2.64. The molecule has 0 saturated carbocycles. The molecule has 1 saturated heterocycles. The first kappa shape index (κ1) is 24.0. The van der Waals surface area contributed by atoms with Crippen molar-refractivity contribution in [2.75, 3.05) is 19.5 Å². The Hall–Kier alpha value is -3.74. The van der Waals surface area contributed by atoms with Gasteiger partial charge in [0.05, 0.1) is 19.6 Å². The van der Waals surface area contributed by atoms with E-state index in [4.69, 9.17) is 14.7 Å². The molecule has 1 fully saturated rings. The number of carbonyl (C=O) groups is 1. The summed E-state index contributed by atoms with van der Waals surface area (Å²) in [6.45, 7) is 0.508. The summed E-state index contributed by atoms with van der Waals surface area (Å²) in [5, 5.41) is 25.7. The summed E-state index contributed by atoms with van der Waals surface area (Å²) in [5.74, 6) is 1.08. The molecule has 186 valence electrons. The maximum Gasteiger partial charge on any atom is 0.235 e. The quantitative estimate of drug-likeness (QED) is 0.291. The smallest absolute Gasteiger partial charge is 0.235 e. The van der Waals surface area contributed by atoms with Crippen LogP contribution in [0.4, 0.5) is 5.82 Å². The van der Waals surface area contributed by atoms with Gasteiger partial charge in [0, 0.05) is 25.4 Å². The van der Waals surface area contributed by atoms with Gasteiger partial charge >= 0.3 is 0 Å². The molecule has 0 spiro atoms. The lowest BCUT2D eigenvalue weighted by Crippen LogP contribution is -2.39. The minimum atomic E-state index is -1.24. The molecule has 36 heavy (non-hydrogen) atoms. The number of aromatic nitrogens is 5. The highest BCUT2D eigenvalue weighted by molar-refractivity contribution is 8.01. The molecule has 0 aliphatic carbocycles. The van der Waals surface area contributed by atoms with Crippen molar-refractivity contribution in [3.8, 4) is 17.1 Å². The zero-order valence-electron chi connectivity index (χ0n) is 19.6. The Morgan fingerprint density at radius 2 is 1.97 bits per heavy atom. The van der Waals surface area contributed by atoms with E-state index < -0.39 is 22.8 Å². The van der Waals surface area contributed by atoms with Gasteiger partial charge in [-0.15, -0.1) is 11.8 Å². The van der Waals surface area contributed by atoms with Crippen molar-refractivity contribution < 1.29 is 19.7 Å². The predicted octanol–water partition coefficient (Wildman–Crippen LogP) is 1.59. The number of nitrogens with zero attached hydrogens (tertiary/aromatic N) is 5. The molecule has 11 nitrogen and oxygen atoms in total. The lowest BCUT2D eigenvalue weighted by Gasteiger charge is -2.17. The zero-order valence-corrected chi connectivity index (χ0v) is 20.4. The van der Waals surface area contributed by atoms with Crippen LogP contribution in [0.1, 0.15) is 10.9 Å². The van der Waals surface area contributed by atoms with Crippen molar-refractivity contribution in [1.29, 1.82) is 0 Å². The predicted molar refractivity (Wildman–Crippen MR) is 135 cm³/mol.